The smallest absolute Gasteiger partial charge is 0.126 e. The molecule has 3 heteroatoms. The Morgan fingerprint density at radius 1 is 1.37 bits per heavy atom. The monoisotopic (exact) mass is 262 g/mol. The highest BCUT2D eigenvalue weighted by molar-refractivity contribution is 5.26. The number of hydrogen-bond donors (Lipinski definition) is 1. The highest BCUT2D eigenvalue weighted by Gasteiger charge is 2.43. The van der Waals surface area contributed by atoms with Gasteiger partial charge in [-0.3, -0.25) is 4.90 Å². The Morgan fingerprint density at radius 2 is 2.16 bits per heavy atom. The van der Waals surface area contributed by atoms with Crippen LogP contribution < -0.4 is 5.32 Å². The van der Waals surface area contributed by atoms with Crippen molar-refractivity contribution in [2.24, 2.45) is 11.8 Å². The van der Waals surface area contributed by atoms with Gasteiger partial charge in [-0.15, -0.1) is 0 Å². The van der Waals surface area contributed by atoms with Crippen LogP contribution in [0.5, 0.6) is 0 Å². The van der Waals surface area contributed by atoms with Crippen molar-refractivity contribution < 1.29 is 4.39 Å². The van der Waals surface area contributed by atoms with E-state index >= 15 is 0 Å². The van der Waals surface area contributed by atoms with E-state index in [9.17, 15) is 4.39 Å². The first-order valence-electron chi connectivity index (χ1n) is 7.30. The molecule has 1 aromatic rings. The van der Waals surface area contributed by atoms with Crippen molar-refractivity contribution in [2.75, 3.05) is 19.6 Å². The van der Waals surface area contributed by atoms with Gasteiger partial charge in [0.15, 0.2) is 0 Å². The van der Waals surface area contributed by atoms with Gasteiger partial charge in [-0.2, -0.15) is 0 Å². The standard InChI is InChI=1S/C16H23FN2/c1-10-4-5-13(6-16(10)17)11(2)19-9-14-7-18-8-15(14)12(19)3/h4-6,11-12,14-15,18H,7-9H2,1-3H3. The highest BCUT2D eigenvalue weighted by atomic mass is 19.1. The summed E-state index contributed by atoms with van der Waals surface area (Å²) in [6.07, 6.45) is 0. The minimum atomic E-state index is -0.0851. The number of hydrogen-bond acceptors (Lipinski definition) is 2. The van der Waals surface area contributed by atoms with Crippen LogP contribution in [0.3, 0.4) is 0 Å². The van der Waals surface area contributed by atoms with Gasteiger partial charge in [-0.25, -0.2) is 4.39 Å². The fraction of sp³-hybridized carbons (Fsp3) is 0.625. The number of rotatable bonds is 2. The molecule has 2 saturated heterocycles. The molecule has 2 fully saturated rings. The molecule has 0 amide bonds. The molecule has 3 rings (SSSR count). The van der Waals surface area contributed by atoms with E-state index in [-0.39, 0.29) is 5.82 Å². The fourth-order valence-electron chi connectivity index (χ4n) is 3.77. The Kier molecular flexibility index (Phi) is 3.35. The van der Waals surface area contributed by atoms with Gasteiger partial charge in [-0.05, 0) is 62.9 Å². The highest BCUT2D eigenvalue weighted by Crippen LogP contribution is 2.37. The number of nitrogens with zero attached hydrogens (tertiary/aromatic N) is 1. The van der Waals surface area contributed by atoms with Crippen molar-refractivity contribution in [1.29, 1.82) is 0 Å². The number of aryl methyl sites for hydroxylation is 1. The molecule has 4 atom stereocenters. The molecule has 0 aromatic heterocycles. The van der Waals surface area contributed by atoms with E-state index in [4.69, 9.17) is 0 Å². The van der Waals surface area contributed by atoms with Crippen LogP contribution in [0.4, 0.5) is 4.39 Å². The van der Waals surface area contributed by atoms with Crippen LogP contribution in [0.2, 0.25) is 0 Å². The number of halogens is 1. The molecule has 2 aliphatic heterocycles. The lowest BCUT2D eigenvalue weighted by Crippen LogP contribution is -2.35. The molecule has 2 aliphatic rings. The Hall–Kier alpha value is -0.930. The fourth-order valence-corrected chi connectivity index (χ4v) is 3.77. The molecular weight excluding hydrogens is 239 g/mol. The van der Waals surface area contributed by atoms with E-state index in [1.807, 2.05) is 13.0 Å². The van der Waals surface area contributed by atoms with Crippen LogP contribution in [-0.2, 0) is 0 Å². The Bertz CT molecular complexity index is 474. The molecule has 0 bridgehead atoms. The van der Waals surface area contributed by atoms with Crippen molar-refractivity contribution >= 4 is 0 Å². The summed E-state index contributed by atoms with van der Waals surface area (Å²) in [6.45, 7) is 9.75. The zero-order valence-electron chi connectivity index (χ0n) is 12.0. The maximum Gasteiger partial charge on any atom is 0.126 e. The molecule has 1 N–H and O–H groups in total. The first kappa shape index (κ1) is 13.1. The third-order valence-corrected chi connectivity index (χ3v) is 5.16. The van der Waals surface area contributed by atoms with Crippen molar-refractivity contribution in [1.82, 2.24) is 10.2 Å². The molecule has 0 saturated carbocycles. The van der Waals surface area contributed by atoms with Crippen molar-refractivity contribution in [3.63, 3.8) is 0 Å². The summed E-state index contributed by atoms with van der Waals surface area (Å²) < 4.78 is 13.7. The van der Waals surface area contributed by atoms with E-state index in [0.717, 1.165) is 42.6 Å². The Morgan fingerprint density at radius 3 is 2.84 bits per heavy atom. The lowest BCUT2D eigenvalue weighted by Gasteiger charge is -2.31. The minimum Gasteiger partial charge on any atom is -0.316 e. The van der Waals surface area contributed by atoms with Crippen molar-refractivity contribution in [3.05, 3.63) is 35.1 Å². The van der Waals surface area contributed by atoms with Gasteiger partial charge in [0.1, 0.15) is 5.82 Å². The van der Waals surface area contributed by atoms with Gasteiger partial charge in [0, 0.05) is 18.6 Å². The van der Waals surface area contributed by atoms with Crippen LogP contribution in [0.15, 0.2) is 18.2 Å². The molecule has 2 nitrogen and oxygen atoms in total. The summed E-state index contributed by atoms with van der Waals surface area (Å²) in [6, 6.07) is 6.56. The SMILES string of the molecule is Cc1ccc(C(C)N2CC3CNCC3C2C)cc1F. The quantitative estimate of drug-likeness (QED) is 0.881. The van der Waals surface area contributed by atoms with Crippen LogP contribution >= 0.6 is 0 Å². The molecule has 0 radical (unpaired) electrons. The average Bonchev–Trinajstić information content (AvgIpc) is 2.95. The van der Waals surface area contributed by atoms with Gasteiger partial charge in [0.25, 0.3) is 0 Å². The average molecular weight is 262 g/mol. The topological polar surface area (TPSA) is 15.3 Å². The van der Waals surface area contributed by atoms with E-state index in [0.29, 0.717) is 12.1 Å². The maximum absolute atomic E-state index is 13.7. The van der Waals surface area contributed by atoms with E-state index in [2.05, 4.69) is 30.1 Å². The lowest BCUT2D eigenvalue weighted by atomic mass is 9.95. The number of nitrogens with one attached hydrogen (secondary N) is 1. The first-order chi connectivity index (χ1) is 9.08. The summed E-state index contributed by atoms with van der Waals surface area (Å²) in [4.78, 5) is 2.54. The number of fused-ring (bicyclic) bond motifs is 1. The Balaban J connectivity index is 1.80. The van der Waals surface area contributed by atoms with Gasteiger partial charge >= 0.3 is 0 Å². The van der Waals surface area contributed by atoms with E-state index < -0.39 is 0 Å². The summed E-state index contributed by atoms with van der Waals surface area (Å²) in [7, 11) is 0. The molecule has 4 unspecified atom stereocenters. The second-order valence-corrected chi connectivity index (χ2v) is 6.20. The van der Waals surface area contributed by atoms with Crippen LogP contribution in [0, 0.1) is 24.6 Å². The predicted molar refractivity (Wildman–Crippen MR) is 75.6 cm³/mol. The summed E-state index contributed by atoms with van der Waals surface area (Å²) in [5.74, 6) is 1.45. The molecule has 2 heterocycles. The molecule has 0 aliphatic carbocycles. The van der Waals surface area contributed by atoms with Crippen LogP contribution in [0.1, 0.15) is 31.0 Å². The summed E-state index contributed by atoms with van der Waals surface area (Å²) in [5, 5.41) is 3.48. The third kappa shape index (κ3) is 2.19. The molecular formula is C16H23FN2. The summed E-state index contributed by atoms with van der Waals surface area (Å²) in [5.41, 5.74) is 1.83. The maximum atomic E-state index is 13.7. The van der Waals surface area contributed by atoms with Crippen LogP contribution in [-0.4, -0.2) is 30.6 Å². The van der Waals surface area contributed by atoms with Gasteiger partial charge in [0.2, 0.25) is 0 Å². The molecule has 104 valence electrons. The van der Waals surface area contributed by atoms with Crippen LogP contribution in [0.25, 0.3) is 0 Å². The van der Waals surface area contributed by atoms with E-state index in [1.165, 1.54) is 0 Å². The zero-order valence-corrected chi connectivity index (χ0v) is 12.0. The number of likely N-dealkylation sites (tertiary alicyclic amines) is 1. The number of benzene rings is 1. The molecule has 0 spiro atoms. The second kappa shape index (κ2) is 4.88. The van der Waals surface area contributed by atoms with Crippen molar-refractivity contribution in [3.8, 4) is 0 Å². The minimum absolute atomic E-state index is 0.0851. The van der Waals surface area contributed by atoms with E-state index in [1.54, 1.807) is 6.07 Å². The van der Waals surface area contributed by atoms with Gasteiger partial charge < -0.3 is 5.32 Å². The normalized spacial score (nSPS) is 32.5. The second-order valence-electron chi connectivity index (χ2n) is 6.20. The first-order valence-corrected chi connectivity index (χ1v) is 7.30. The van der Waals surface area contributed by atoms with Gasteiger partial charge in [-0.1, -0.05) is 12.1 Å². The third-order valence-electron chi connectivity index (χ3n) is 5.16. The van der Waals surface area contributed by atoms with Crippen molar-refractivity contribution in [2.45, 2.75) is 32.9 Å². The predicted octanol–water partition coefficient (Wildman–Crippen LogP) is 2.73. The summed E-state index contributed by atoms with van der Waals surface area (Å²) >= 11 is 0. The van der Waals surface area contributed by atoms with Gasteiger partial charge in [0.05, 0.1) is 0 Å². The molecule has 19 heavy (non-hydrogen) atoms. The largest absolute Gasteiger partial charge is 0.316 e. The lowest BCUT2D eigenvalue weighted by molar-refractivity contribution is 0.182. The Labute approximate surface area is 115 Å². The zero-order chi connectivity index (χ0) is 13.6. The molecule has 1 aromatic carbocycles.